The maximum Gasteiger partial charge on any atom is 0.119 e. The molecule has 0 fully saturated rings. The first-order valence-electron chi connectivity index (χ1n) is 7.10. The first-order valence-corrected chi connectivity index (χ1v) is 7.10. The summed E-state index contributed by atoms with van der Waals surface area (Å²) in [6.07, 6.45) is 0.406. The quantitative estimate of drug-likeness (QED) is 0.883. The Bertz CT molecular complexity index is 538. The van der Waals surface area contributed by atoms with Crippen molar-refractivity contribution in [2.24, 2.45) is 0 Å². The molecular formula is C18H22O2. The van der Waals surface area contributed by atoms with Crippen LogP contribution in [0.1, 0.15) is 41.7 Å². The van der Waals surface area contributed by atoms with E-state index in [1.54, 1.807) is 0 Å². The second-order valence-electron chi connectivity index (χ2n) is 5.13. The van der Waals surface area contributed by atoms with Crippen LogP contribution in [0.4, 0.5) is 0 Å². The Balaban J connectivity index is 2.23. The third-order valence-electron chi connectivity index (χ3n) is 3.48. The van der Waals surface area contributed by atoms with Crippen LogP contribution in [0.3, 0.4) is 0 Å². The summed E-state index contributed by atoms with van der Waals surface area (Å²) >= 11 is 0. The number of ether oxygens (including phenoxy) is 1. The van der Waals surface area contributed by atoms with Gasteiger partial charge in [0, 0.05) is 0 Å². The van der Waals surface area contributed by atoms with E-state index >= 15 is 0 Å². The predicted molar refractivity (Wildman–Crippen MR) is 82.2 cm³/mol. The largest absolute Gasteiger partial charge is 0.494 e. The van der Waals surface area contributed by atoms with Gasteiger partial charge in [-0.05, 0) is 54.7 Å². The average molecular weight is 270 g/mol. The summed E-state index contributed by atoms with van der Waals surface area (Å²) in [5, 5.41) is 10.6. The summed E-state index contributed by atoms with van der Waals surface area (Å²) in [5.41, 5.74) is 4.12. The number of rotatable bonds is 5. The van der Waals surface area contributed by atoms with Crippen LogP contribution in [-0.2, 0) is 0 Å². The normalized spacial score (nSPS) is 12.2. The molecule has 0 aliphatic carbocycles. The average Bonchev–Trinajstić information content (AvgIpc) is 2.45. The van der Waals surface area contributed by atoms with Gasteiger partial charge >= 0.3 is 0 Å². The molecule has 0 saturated heterocycles. The number of benzene rings is 2. The smallest absolute Gasteiger partial charge is 0.119 e. The lowest BCUT2D eigenvalue weighted by atomic mass is 9.93. The van der Waals surface area contributed by atoms with Gasteiger partial charge in [-0.2, -0.15) is 0 Å². The third-order valence-corrected chi connectivity index (χ3v) is 3.48. The van der Waals surface area contributed by atoms with Crippen molar-refractivity contribution in [1.82, 2.24) is 0 Å². The highest BCUT2D eigenvalue weighted by atomic mass is 16.5. The zero-order valence-electron chi connectivity index (χ0n) is 12.4. The minimum absolute atomic E-state index is 0.587. The molecule has 2 heteroatoms. The van der Waals surface area contributed by atoms with Crippen LogP contribution >= 0.6 is 0 Å². The van der Waals surface area contributed by atoms with Gasteiger partial charge in [-0.1, -0.05) is 37.3 Å². The molecule has 0 aliphatic heterocycles. The maximum absolute atomic E-state index is 10.6. The van der Waals surface area contributed by atoms with E-state index < -0.39 is 6.10 Å². The molecule has 2 aromatic carbocycles. The van der Waals surface area contributed by atoms with E-state index in [0.29, 0.717) is 0 Å². The number of hydrogen-bond acceptors (Lipinski definition) is 2. The highest BCUT2D eigenvalue weighted by Crippen LogP contribution is 2.28. The summed E-state index contributed by atoms with van der Waals surface area (Å²) in [4.78, 5) is 0. The summed E-state index contributed by atoms with van der Waals surface area (Å²) in [7, 11) is 0. The fourth-order valence-corrected chi connectivity index (χ4v) is 2.39. The number of hydrogen-bond donors (Lipinski definition) is 1. The van der Waals surface area contributed by atoms with Crippen LogP contribution in [-0.4, -0.2) is 11.7 Å². The molecule has 0 spiro atoms. The molecule has 0 radical (unpaired) electrons. The van der Waals surface area contributed by atoms with E-state index in [2.05, 4.69) is 6.92 Å². The molecule has 20 heavy (non-hydrogen) atoms. The molecule has 1 atom stereocenters. The minimum atomic E-state index is -0.587. The number of aliphatic hydroxyl groups excluding tert-OH is 1. The Labute approximate surface area is 121 Å². The highest BCUT2D eigenvalue weighted by molar-refractivity contribution is 5.41. The SMILES string of the molecule is CCCOc1ccc(C(O)c2c(C)cccc2C)cc1. The standard InChI is InChI=1S/C18H22O2/c1-4-12-20-16-10-8-15(9-11-16)18(19)17-13(2)6-5-7-14(17)3/h5-11,18-19H,4,12H2,1-3H3. The van der Waals surface area contributed by atoms with Gasteiger partial charge in [-0.25, -0.2) is 0 Å². The van der Waals surface area contributed by atoms with Gasteiger partial charge in [0.25, 0.3) is 0 Å². The Morgan fingerprint density at radius 2 is 1.60 bits per heavy atom. The molecule has 0 saturated carbocycles. The van der Waals surface area contributed by atoms with Crippen LogP contribution in [0.5, 0.6) is 5.75 Å². The van der Waals surface area contributed by atoms with Gasteiger partial charge in [0.15, 0.2) is 0 Å². The summed E-state index contributed by atoms with van der Waals surface area (Å²) in [6.45, 7) is 6.87. The topological polar surface area (TPSA) is 29.5 Å². The molecule has 1 unspecified atom stereocenters. The van der Waals surface area contributed by atoms with Crippen LogP contribution in [0.25, 0.3) is 0 Å². The van der Waals surface area contributed by atoms with Crippen LogP contribution in [0.15, 0.2) is 42.5 Å². The van der Waals surface area contributed by atoms with E-state index in [-0.39, 0.29) is 0 Å². The fraction of sp³-hybridized carbons (Fsp3) is 0.333. The first kappa shape index (κ1) is 14.6. The van der Waals surface area contributed by atoms with Crippen LogP contribution < -0.4 is 4.74 Å². The third kappa shape index (κ3) is 3.20. The Hall–Kier alpha value is -1.80. The molecule has 0 heterocycles. The molecular weight excluding hydrogens is 248 g/mol. The van der Waals surface area contributed by atoms with E-state index in [9.17, 15) is 5.11 Å². The van der Waals surface area contributed by atoms with Crippen molar-refractivity contribution < 1.29 is 9.84 Å². The summed E-state index contributed by atoms with van der Waals surface area (Å²) in [5.74, 6) is 0.851. The van der Waals surface area contributed by atoms with Crippen molar-refractivity contribution in [3.05, 3.63) is 64.7 Å². The predicted octanol–water partition coefficient (Wildman–Crippen LogP) is 4.17. The second kappa shape index (κ2) is 6.58. The van der Waals surface area contributed by atoms with Crippen molar-refractivity contribution in [2.75, 3.05) is 6.61 Å². The van der Waals surface area contributed by atoms with Crippen molar-refractivity contribution in [3.63, 3.8) is 0 Å². The van der Waals surface area contributed by atoms with E-state index in [0.717, 1.165) is 41.0 Å². The lowest BCUT2D eigenvalue weighted by molar-refractivity contribution is 0.218. The Morgan fingerprint density at radius 3 is 2.15 bits per heavy atom. The van der Waals surface area contributed by atoms with Gasteiger partial charge in [0.05, 0.1) is 6.61 Å². The molecule has 2 nitrogen and oxygen atoms in total. The van der Waals surface area contributed by atoms with E-state index in [1.807, 2.05) is 56.3 Å². The zero-order valence-corrected chi connectivity index (χ0v) is 12.4. The van der Waals surface area contributed by atoms with Gasteiger partial charge in [0.2, 0.25) is 0 Å². The van der Waals surface area contributed by atoms with Crippen LogP contribution in [0.2, 0.25) is 0 Å². The lowest BCUT2D eigenvalue weighted by Gasteiger charge is -2.17. The lowest BCUT2D eigenvalue weighted by Crippen LogP contribution is -2.04. The van der Waals surface area contributed by atoms with E-state index in [4.69, 9.17) is 4.74 Å². The fourth-order valence-electron chi connectivity index (χ4n) is 2.39. The van der Waals surface area contributed by atoms with Gasteiger partial charge < -0.3 is 9.84 Å². The highest BCUT2D eigenvalue weighted by Gasteiger charge is 2.15. The molecule has 0 aromatic heterocycles. The second-order valence-corrected chi connectivity index (χ2v) is 5.13. The Morgan fingerprint density at radius 1 is 1.00 bits per heavy atom. The minimum Gasteiger partial charge on any atom is -0.494 e. The molecule has 0 aliphatic rings. The van der Waals surface area contributed by atoms with Gasteiger partial charge in [0.1, 0.15) is 11.9 Å². The van der Waals surface area contributed by atoms with Crippen molar-refractivity contribution in [3.8, 4) is 5.75 Å². The monoisotopic (exact) mass is 270 g/mol. The van der Waals surface area contributed by atoms with Crippen molar-refractivity contribution >= 4 is 0 Å². The number of aryl methyl sites for hydroxylation is 2. The summed E-state index contributed by atoms with van der Waals surface area (Å²) in [6, 6.07) is 13.8. The molecule has 0 amide bonds. The Kier molecular flexibility index (Phi) is 4.80. The molecule has 2 aromatic rings. The molecule has 106 valence electrons. The van der Waals surface area contributed by atoms with E-state index in [1.165, 1.54) is 0 Å². The zero-order chi connectivity index (χ0) is 14.5. The molecule has 0 bridgehead atoms. The van der Waals surface area contributed by atoms with Crippen molar-refractivity contribution in [2.45, 2.75) is 33.3 Å². The first-order chi connectivity index (χ1) is 9.63. The maximum atomic E-state index is 10.6. The number of aliphatic hydroxyl groups is 1. The van der Waals surface area contributed by atoms with Crippen LogP contribution in [0, 0.1) is 13.8 Å². The van der Waals surface area contributed by atoms with Gasteiger partial charge in [-0.3, -0.25) is 0 Å². The summed E-state index contributed by atoms with van der Waals surface area (Å²) < 4.78 is 5.56. The molecule has 2 rings (SSSR count). The van der Waals surface area contributed by atoms with Gasteiger partial charge in [-0.15, -0.1) is 0 Å². The molecule has 1 N–H and O–H groups in total. The van der Waals surface area contributed by atoms with Crippen molar-refractivity contribution in [1.29, 1.82) is 0 Å².